The molecule has 1 aliphatic heterocycles. The van der Waals surface area contributed by atoms with Gasteiger partial charge in [-0.2, -0.15) is 0 Å². The molecule has 1 aromatic rings. The average Bonchev–Trinajstić information content (AvgIpc) is 2.63. The van der Waals surface area contributed by atoms with Crippen LogP contribution < -0.4 is 27.6 Å². The van der Waals surface area contributed by atoms with Crippen LogP contribution in [-0.4, -0.2) is 19.1 Å². The van der Waals surface area contributed by atoms with Crippen LogP contribution in [0.2, 0.25) is 0 Å². The normalized spacial score (nSPS) is 12.1. The van der Waals surface area contributed by atoms with E-state index in [1.54, 1.807) is 18.2 Å². The van der Waals surface area contributed by atoms with Crippen LogP contribution in [0.3, 0.4) is 0 Å². The lowest BCUT2D eigenvalue weighted by molar-refractivity contribution is -0.349. The van der Waals surface area contributed by atoms with E-state index < -0.39 is 0 Å². The van der Waals surface area contributed by atoms with Gasteiger partial charge in [0.2, 0.25) is 12.6 Å². The van der Waals surface area contributed by atoms with Crippen molar-refractivity contribution in [2.75, 3.05) is 13.3 Å². The first-order chi connectivity index (χ1) is 6.31. The lowest BCUT2D eigenvalue weighted by Crippen LogP contribution is -3.00. The fourth-order valence-electron chi connectivity index (χ4n) is 1.21. The van der Waals surface area contributed by atoms with Crippen molar-refractivity contribution in [1.29, 1.82) is 0 Å². The van der Waals surface area contributed by atoms with Gasteiger partial charge < -0.3 is 27.6 Å². The monoisotopic (exact) mass is 215 g/mol. The van der Waals surface area contributed by atoms with Crippen molar-refractivity contribution in [3.63, 3.8) is 0 Å². The molecular weight excluding hydrogens is 206 g/mol. The molecule has 1 aliphatic rings. The number of Topliss-reactive ketones (excluding diaryl/α,β-unsaturated/α-hetero) is 1. The van der Waals surface area contributed by atoms with E-state index in [4.69, 9.17) is 9.47 Å². The average molecular weight is 216 g/mol. The number of carbonyl (C=O) groups is 1. The summed E-state index contributed by atoms with van der Waals surface area (Å²) in [6, 6.07) is 5.15. The van der Waals surface area contributed by atoms with Gasteiger partial charge >= 0.3 is 0 Å². The van der Waals surface area contributed by atoms with Crippen molar-refractivity contribution in [3.8, 4) is 11.5 Å². The third-order valence-corrected chi connectivity index (χ3v) is 1.92. The molecule has 0 bridgehead atoms. The number of ketones is 1. The van der Waals surface area contributed by atoms with Crippen LogP contribution in [0, 0.1) is 0 Å². The van der Waals surface area contributed by atoms with Gasteiger partial charge in [0.25, 0.3) is 0 Å². The van der Waals surface area contributed by atoms with E-state index in [-0.39, 0.29) is 31.5 Å². The van der Waals surface area contributed by atoms with Gasteiger partial charge in [-0.15, -0.1) is 0 Å². The molecule has 0 spiro atoms. The van der Waals surface area contributed by atoms with E-state index >= 15 is 0 Å². The molecule has 0 radical (unpaired) electrons. The summed E-state index contributed by atoms with van der Waals surface area (Å²) in [4.78, 5) is 11.3. The Kier molecular flexibility index (Phi) is 3.33. The molecule has 0 saturated heterocycles. The highest BCUT2D eigenvalue weighted by atomic mass is 35.5. The number of quaternary nitrogens is 1. The van der Waals surface area contributed by atoms with Gasteiger partial charge in [0.15, 0.2) is 11.5 Å². The minimum Gasteiger partial charge on any atom is -1.00 e. The molecule has 76 valence electrons. The number of benzene rings is 1. The molecule has 0 fully saturated rings. The Morgan fingerprint density at radius 2 is 2.07 bits per heavy atom. The molecule has 0 saturated carbocycles. The third kappa shape index (κ3) is 1.81. The third-order valence-electron chi connectivity index (χ3n) is 1.92. The van der Waals surface area contributed by atoms with Crippen molar-refractivity contribution >= 4 is 5.78 Å². The van der Waals surface area contributed by atoms with Gasteiger partial charge in [0.05, 0.1) is 0 Å². The summed E-state index contributed by atoms with van der Waals surface area (Å²) in [5, 5.41) is 0. The van der Waals surface area contributed by atoms with Crippen LogP contribution in [0.4, 0.5) is 0 Å². The highest BCUT2D eigenvalue weighted by Crippen LogP contribution is 2.32. The summed E-state index contributed by atoms with van der Waals surface area (Å²) in [6.07, 6.45) is 0. The number of carbonyl (C=O) groups excluding carboxylic acids is 1. The van der Waals surface area contributed by atoms with Crippen LogP contribution in [0.15, 0.2) is 18.2 Å². The first kappa shape index (κ1) is 10.8. The maximum absolute atomic E-state index is 11.3. The topological polar surface area (TPSA) is 63.2 Å². The second-order valence-electron chi connectivity index (χ2n) is 2.74. The fraction of sp³-hybridized carbons (Fsp3) is 0.222. The number of hydrogen-bond donors (Lipinski definition) is 1. The molecule has 0 aromatic heterocycles. The van der Waals surface area contributed by atoms with Crippen molar-refractivity contribution in [2.45, 2.75) is 0 Å². The minimum absolute atomic E-state index is 0. The molecule has 0 atom stereocenters. The largest absolute Gasteiger partial charge is 1.00 e. The van der Waals surface area contributed by atoms with Gasteiger partial charge in [-0.3, -0.25) is 4.79 Å². The van der Waals surface area contributed by atoms with Crippen molar-refractivity contribution in [1.82, 2.24) is 0 Å². The molecule has 0 unspecified atom stereocenters. The zero-order chi connectivity index (χ0) is 9.26. The van der Waals surface area contributed by atoms with Crippen LogP contribution >= 0.6 is 0 Å². The summed E-state index contributed by atoms with van der Waals surface area (Å²) in [6.45, 7) is 0.497. The number of rotatable bonds is 2. The lowest BCUT2D eigenvalue weighted by Gasteiger charge is -1.98. The van der Waals surface area contributed by atoms with Gasteiger partial charge in [0.1, 0.15) is 6.54 Å². The van der Waals surface area contributed by atoms with E-state index in [0.29, 0.717) is 17.1 Å². The Morgan fingerprint density at radius 1 is 1.36 bits per heavy atom. The summed E-state index contributed by atoms with van der Waals surface area (Å²) in [5.41, 5.74) is 4.16. The van der Waals surface area contributed by atoms with Crippen LogP contribution in [-0.2, 0) is 0 Å². The Bertz CT molecular complexity index is 354. The number of hydrogen-bond acceptors (Lipinski definition) is 3. The van der Waals surface area contributed by atoms with Crippen LogP contribution in [0.5, 0.6) is 11.5 Å². The Balaban J connectivity index is 0.000000980. The molecule has 0 aliphatic carbocycles. The molecule has 1 aromatic carbocycles. The van der Waals surface area contributed by atoms with E-state index in [9.17, 15) is 4.79 Å². The molecule has 3 N–H and O–H groups in total. The van der Waals surface area contributed by atoms with E-state index in [1.807, 2.05) is 0 Å². The maximum Gasteiger partial charge on any atom is 0.231 e. The van der Waals surface area contributed by atoms with Crippen LogP contribution in [0.1, 0.15) is 10.4 Å². The molecule has 14 heavy (non-hydrogen) atoms. The quantitative estimate of drug-likeness (QED) is 0.530. The number of ether oxygens (including phenoxy) is 2. The summed E-state index contributed by atoms with van der Waals surface area (Å²) >= 11 is 0. The predicted octanol–water partition coefficient (Wildman–Crippen LogP) is -3.16. The Morgan fingerprint density at radius 3 is 2.79 bits per heavy atom. The van der Waals surface area contributed by atoms with Crippen LogP contribution in [0.25, 0.3) is 0 Å². The molecule has 5 heteroatoms. The summed E-state index contributed by atoms with van der Waals surface area (Å²) < 4.78 is 10.3. The highest BCUT2D eigenvalue weighted by Gasteiger charge is 2.15. The van der Waals surface area contributed by atoms with Gasteiger partial charge in [0, 0.05) is 5.56 Å². The first-order valence-electron chi connectivity index (χ1n) is 4.03. The Labute approximate surface area is 87.4 Å². The molecule has 1 heterocycles. The summed E-state index contributed by atoms with van der Waals surface area (Å²) in [5.74, 6) is 1.35. The highest BCUT2D eigenvalue weighted by molar-refractivity contribution is 5.97. The first-order valence-corrected chi connectivity index (χ1v) is 4.03. The second kappa shape index (κ2) is 4.30. The number of halogens is 1. The summed E-state index contributed by atoms with van der Waals surface area (Å²) in [7, 11) is 0. The molecule has 4 nitrogen and oxygen atoms in total. The number of fused-ring (bicyclic) bond motifs is 1. The van der Waals surface area contributed by atoms with Crippen molar-refractivity contribution < 1.29 is 32.4 Å². The molecular formula is C9H10ClNO3. The standard InChI is InChI=1S/C9H9NO3.ClH/c10-4-7(11)6-1-2-8-9(3-6)13-5-12-8;/h1-3H,4-5,10H2;1H. The van der Waals surface area contributed by atoms with Crippen molar-refractivity contribution in [3.05, 3.63) is 23.8 Å². The SMILES string of the molecule is [Cl-].[NH3+]CC(=O)c1ccc2c(c1)OCO2. The Hall–Kier alpha value is -1.26. The lowest BCUT2D eigenvalue weighted by atomic mass is 10.1. The smallest absolute Gasteiger partial charge is 0.231 e. The van der Waals surface area contributed by atoms with E-state index in [0.717, 1.165) is 0 Å². The molecule has 2 rings (SSSR count). The molecule has 0 amide bonds. The zero-order valence-electron chi connectivity index (χ0n) is 7.46. The predicted molar refractivity (Wildman–Crippen MR) is 44.7 cm³/mol. The zero-order valence-corrected chi connectivity index (χ0v) is 8.21. The fourth-order valence-corrected chi connectivity index (χ4v) is 1.21. The van der Waals surface area contributed by atoms with Crippen molar-refractivity contribution in [2.24, 2.45) is 0 Å². The van der Waals surface area contributed by atoms with Gasteiger partial charge in [-0.25, -0.2) is 0 Å². The van der Waals surface area contributed by atoms with Gasteiger partial charge in [-0.05, 0) is 18.2 Å². The maximum atomic E-state index is 11.3. The van der Waals surface area contributed by atoms with E-state index in [2.05, 4.69) is 5.73 Å². The van der Waals surface area contributed by atoms with E-state index in [1.165, 1.54) is 0 Å². The minimum atomic E-state index is 0. The second-order valence-corrected chi connectivity index (χ2v) is 2.74. The van der Waals surface area contributed by atoms with Gasteiger partial charge in [-0.1, -0.05) is 0 Å².